The molecule has 0 spiro atoms. The third-order valence-electron chi connectivity index (χ3n) is 2.61. The summed E-state index contributed by atoms with van der Waals surface area (Å²) < 4.78 is 26.4. The van der Waals surface area contributed by atoms with E-state index in [-0.39, 0.29) is 16.2 Å². The van der Waals surface area contributed by atoms with E-state index in [1.165, 1.54) is 42.5 Å². The van der Waals surface area contributed by atoms with Gasteiger partial charge in [0.1, 0.15) is 16.6 Å². The quantitative estimate of drug-likeness (QED) is 0.763. The molecule has 2 aromatic carbocycles. The number of anilines is 2. The molecule has 2 amide bonds. The average molecular weight is 307 g/mol. The number of nitrogens with one attached hydrogen (secondary N) is 2. The molecule has 0 saturated heterocycles. The minimum Gasteiger partial charge on any atom is -0.389 e. The first kappa shape index (κ1) is 14.9. The fraction of sp³-hybridized carbons (Fsp3) is 0. The molecule has 21 heavy (non-hydrogen) atoms. The number of amides is 2. The van der Waals surface area contributed by atoms with Crippen LogP contribution in [-0.4, -0.2) is 11.0 Å². The van der Waals surface area contributed by atoms with Gasteiger partial charge < -0.3 is 16.4 Å². The fourth-order valence-corrected chi connectivity index (χ4v) is 1.90. The zero-order valence-electron chi connectivity index (χ0n) is 10.7. The lowest BCUT2D eigenvalue weighted by Crippen LogP contribution is -2.23. The largest absolute Gasteiger partial charge is 0.389 e. The molecule has 0 atom stereocenters. The summed E-state index contributed by atoms with van der Waals surface area (Å²) >= 11 is 4.76. The van der Waals surface area contributed by atoms with Crippen LogP contribution in [-0.2, 0) is 0 Å². The smallest absolute Gasteiger partial charge is 0.323 e. The van der Waals surface area contributed by atoms with Crippen LogP contribution >= 0.6 is 12.2 Å². The van der Waals surface area contributed by atoms with Gasteiger partial charge in [0.15, 0.2) is 0 Å². The molecule has 0 radical (unpaired) electrons. The van der Waals surface area contributed by atoms with Crippen molar-refractivity contribution < 1.29 is 13.6 Å². The molecule has 0 aliphatic heterocycles. The maximum Gasteiger partial charge on any atom is 0.323 e. The van der Waals surface area contributed by atoms with Gasteiger partial charge >= 0.3 is 6.03 Å². The minimum absolute atomic E-state index is 0.0400. The van der Waals surface area contributed by atoms with E-state index in [4.69, 9.17) is 18.0 Å². The van der Waals surface area contributed by atoms with Gasteiger partial charge in [-0.05, 0) is 36.4 Å². The molecule has 108 valence electrons. The Morgan fingerprint density at radius 3 is 2.33 bits per heavy atom. The van der Waals surface area contributed by atoms with E-state index in [1.54, 1.807) is 0 Å². The lowest BCUT2D eigenvalue weighted by molar-refractivity contribution is 0.262. The van der Waals surface area contributed by atoms with Crippen LogP contribution in [0.4, 0.5) is 25.0 Å². The number of hydrogen-bond donors (Lipinski definition) is 3. The van der Waals surface area contributed by atoms with Crippen LogP contribution in [0.25, 0.3) is 0 Å². The van der Waals surface area contributed by atoms with Gasteiger partial charge in [-0.3, -0.25) is 0 Å². The van der Waals surface area contributed by atoms with Gasteiger partial charge in [-0.1, -0.05) is 18.3 Å². The molecule has 2 rings (SSSR count). The van der Waals surface area contributed by atoms with Gasteiger partial charge in [0.05, 0.1) is 11.3 Å². The van der Waals surface area contributed by atoms with Crippen LogP contribution in [0.15, 0.2) is 42.5 Å². The van der Waals surface area contributed by atoms with E-state index in [9.17, 15) is 13.6 Å². The van der Waals surface area contributed by atoms with Crippen molar-refractivity contribution in [3.8, 4) is 0 Å². The molecule has 0 fully saturated rings. The first-order valence-corrected chi connectivity index (χ1v) is 6.30. The predicted molar refractivity (Wildman–Crippen MR) is 81.3 cm³/mol. The first-order chi connectivity index (χ1) is 9.97. The summed E-state index contributed by atoms with van der Waals surface area (Å²) in [6.45, 7) is 0. The molecule has 0 heterocycles. The van der Waals surface area contributed by atoms with Crippen LogP contribution in [0.3, 0.4) is 0 Å². The lowest BCUT2D eigenvalue weighted by atomic mass is 10.1. The van der Waals surface area contributed by atoms with Gasteiger partial charge in [0, 0.05) is 5.69 Å². The van der Waals surface area contributed by atoms with Crippen molar-refractivity contribution in [1.82, 2.24) is 0 Å². The van der Waals surface area contributed by atoms with Crippen LogP contribution in [0.5, 0.6) is 0 Å². The second-order valence-corrected chi connectivity index (χ2v) is 4.55. The Morgan fingerprint density at radius 1 is 1.05 bits per heavy atom. The van der Waals surface area contributed by atoms with E-state index in [2.05, 4.69) is 10.6 Å². The summed E-state index contributed by atoms with van der Waals surface area (Å²) in [4.78, 5) is 11.7. The molecule has 0 aliphatic carbocycles. The van der Waals surface area contributed by atoms with Crippen molar-refractivity contribution in [2.45, 2.75) is 0 Å². The number of carbonyl (C=O) groups is 1. The Hall–Kier alpha value is -2.54. The summed E-state index contributed by atoms with van der Waals surface area (Å²) in [5.74, 6) is -1.04. The van der Waals surface area contributed by atoms with Gasteiger partial charge in [-0.25, -0.2) is 13.6 Å². The minimum atomic E-state index is -0.623. The number of rotatable bonds is 3. The number of carbonyl (C=O) groups excluding carboxylic acids is 1. The topological polar surface area (TPSA) is 67.1 Å². The molecule has 4 nitrogen and oxygen atoms in total. The molecule has 0 saturated carbocycles. The highest BCUT2D eigenvalue weighted by Gasteiger charge is 2.13. The molecule has 0 aromatic heterocycles. The van der Waals surface area contributed by atoms with Gasteiger partial charge in [-0.2, -0.15) is 0 Å². The highest BCUT2D eigenvalue weighted by atomic mass is 32.1. The van der Waals surface area contributed by atoms with Crippen LogP contribution in [0.1, 0.15) is 5.56 Å². The van der Waals surface area contributed by atoms with Crippen molar-refractivity contribution >= 4 is 34.6 Å². The Balaban J connectivity index is 2.15. The Kier molecular flexibility index (Phi) is 4.44. The fourth-order valence-electron chi connectivity index (χ4n) is 1.70. The summed E-state index contributed by atoms with van der Waals surface area (Å²) in [6, 6.07) is 8.68. The second-order valence-electron chi connectivity index (χ2n) is 4.11. The Labute approximate surface area is 125 Å². The number of nitrogens with two attached hydrogens (primary N) is 1. The van der Waals surface area contributed by atoms with E-state index in [0.29, 0.717) is 5.69 Å². The van der Waals surface area contributed by atoms with Crippen LogP contribution < -0.4 is 16.4 Å². The Morgan fingerprint density at radius 2 is 1.71 bits per heavy atom. The van der Waals surface area contributed by atoms with Crippen molar-refractivity contribution in [1.29, 1.82) is 0 Å². The zero-order chi connectivity index (χ0) is 15.4. The highest BCUT2D eigenvalue weighted by Crippen LogP contribution is 2.19. The third-order valence-corrected chi connectivity index (χ3v) is 2.81. The SMILES string of the molecule is NC(=S)c1c(F)cccc1NC(=O)Nc1ccc(F)cc1. The van der Waals surface area contributed by atoms with Crippen molar-refractivity contribution in [2.75, 3.05) is 10.6 Å². The highest BCUT2D eigenvalue weighted by molar-refractivity contribution is 7.80. The predicted octanol–water partition coefficient (Wildman–Crippen LogP) is 3.24. The summed E-state index contributed by atoms with van der Waals surface area (Å²) in [7, 11) is 0. The van der Waals surface area contributed by atoms with E-state index < -0.39 is 17.7 Å². The van der Waals surface area contributed by atoms with E-state index >= 15 is 0 Å². The molecule has 7 heteroatoms. The number of benzene rings is 2. The normalized spacial score (nSPS) is 10.0. The first-order valence-electron chi connectivity index (χ1n) is 5.89. The molecular weight excluding hydrogens is 296 g/mol. The van der Waals surface area contributed by atoms with Gasteiger partial charge in [0.25, 0.3) is 0 Å². The maximum absolute atomic E-state index is 13.6. The standard InChI is InChI=1S/C14H11F2N3OS/c15-8-4-6-9(7-5-8)18-14(20)19-11-3-1-2-10(16)12(11)13(17)21/h1-7H,(H2,17,21)(H2,18,19,20). The van der Waals surface area contributed by atoms with Gasteiger partial charge in [0.2, 0.25) is 0 Å². The molecule has 0 unspecified atom stereocenters. The molecular formula is C14H11F2N3OS. The van der Waals surface area contributed by atoms with Crippen molar-refractivity contribution in [2.24, 2.45) is 5.73 Å². The van der Waals surface area contributed by atoms with Gasteiger partial charge in [-0.15, -0.1) is 0 Å². The van der Waals surface area contributed by atoms with E-state index in [0.717, 1.165) is 0 Å². The molecule has 0 aliphatic rings. The van der Waals surface area contributed by atoms with Crippen LogP contribution in [0, 0.1) is 11.6 Å². The summed E-state index contributed by atoms with van der Waals surface area (Å²) in [5, 5.41) is 4.92. The second kappa shape index (κ2) is 6.27. The number of hydrogen-bond acceptors (Lipinski definition) is 2. The number of halogens is 2. The zero-order valence-corrected chi connectivity index (χ0v) is 11.5. The van der Waals surface area contributed by atoms with Crippen LogP contribution in [0.2, 0.25) is 0 Å². The van der Waals surface area contributed by atoms with E-state index in [1.807, 2.05) is 0 Å². The Bertz CT molecular complexity index is 689. The number of urea groups is 1. The molecule has 2 aromatic rings. The third kappa shape index (κ3) is 3.73. The number of thiocarbonyl (C=S) groups is 1. The summed E-state index contributed by atoms with van der Waals surface area (Å²) in [5.41, 5.74) is 5.94. The average Bonchev–Trinajstić information content (AvgIpc) is 2.41. The lowest BCUT2D eigenvalue weighted by Gasteiger charge is -2.11. The van der Waals surface area contributed by atoms with Crippen molar-refractivity contribution in [3.63, 3.8) is 0 Å². The molecule has 0 bridgehead atoms. The molecule has 4 N–H and O–H groups in total. The summed E-state index contributed by atoms with van der Waals surface area (Å²) in [6.07, 6.45) is 0. The van der Waals surface area contributed by atoms with Crippen molar-refractivity contribution in [3.05, 3.63) is 59.7 Å². The monoisotopic (exact) mass is 307 g/mol. The maximum atomic E-state index is 13.6.